The highest BCUT2D eigenvalue weighted by Crippen LogP contribution is 2.24. The largest absolute Gasteiger partial charge is 0.369 e. The fraction of sp³-hybridized carbons (Fsp3) is 0. The molecule has 1 heterocycles. The molecule has 0 bridgehead atoms. The number of nitrogens with one attached hydrogen (secondary N) is 1. The van der Waals surface area contributed by atoms with Gasteiger partial charge in [-0.05, 0) is 18.2 Å². The topological polar surface area (TPSA) is 188 Å². The van der Waals surface area contributed by atoms with Crippen molar-refractivity contribution in [3.63, 3.8) is 0 Å². The highest BCUT2D eigenvalue weighted by Gasteiger charge is 2.14. The molecule has 0 radical (unpaired) electrons. The van der Waals surface area contributed by atoms with Crippen molar-refractivity contribution in [1.29, 1.82) is 0 Å². The van der Waals surface area contributed by atoms with E-state index in [1.165, 1.54) is 12.3 Å². The highest BCUT2D eigenvalue weighted by atomic mass is 16.9. The lowest BCUT2D eigenvalue weighted by Gasteiger charge is -2.06. The number of hydrogen-bond acceptors (Lipinski definition) is 6. The molecule has 0 aliphatic carbocycles. The average molecular weight is 361 g/mol. The second kappa shape index (κ2) is 9.75. The molecular formula is C14H15N7O5. The van der Waals surface area contributed by atoms with Gasteiger partial charge in [0.15, 0.2) is 0 Å². The molecule has 0 unspecified atom stereocenters. The van der Waals surface area contributed by atoms with Crippen LogP contribution in [0.4, 0.5) is 5.69 Å². The number of nitro groups is 1. The maximum absolute atomic E-state index is 11.1. The average Bonchev–Trinajstić information content (AvgIpc) is 3.02. The molecule has 2 aromatic rings. The summed E-state index contributed by atoms with van der Waals surface area (Å²) in [5, 5.41) is 28.3. The van der Waals surface area contributed by atoms with Crippen LogP contribution in [0.3, 0.4) is 0 Å². The normalized spacial score (nSPS) is 8.92. The third kappa shape index (κ3) is 6.44. The minimum absolute atomic E-state index is 0.0240. The Kier molecular flexibility index (Phi) is 7.40. The molecule has 12 nitrogen and oxygen atoms in total. The van der Waals surface area contributed by atoms with E-state index in [2.05, 4.69) is 16.3 Å². The molecule has 0 saturated heterocycles. The molecule has 2 rings (SSSR count). The number of aromatic nitrogens is 1. The number of benzene rings is 1. The first kappa shape index (κ1) is 19.7. The van der Waals surface area contributed by atoms with Crippen molar-refractivity contribution in [3.8, 4) is 5.69 Å². The molecule has 0 atom stereocenters. The van der Waals surface area contributed by atoms with E-state index < -0.39 is 10.0 Å². The van der Waals surface area contributed by atoms with Gasteiger partial charge in [-0.15, -0.1) is 15.2 Å². The van der Waals surface area contributed by atoms with Gasteiger partial charge in [0.1, 0.15) is 5.69 Å². The lowest BCUT2D eigenvalue weighted by Crippen LogP contribution is -2.24. The van der Waals surface area contributed by atoms with E-state index in [0.29, 0.717) is 5.69 Å². The second-order valence-electron chi connectivity index (χ2n) is 4.41. The second-order valence-corrected chi connectivity index (χ2v) is 4.41. The number of nitrogens with zero attached hydrogens (tertiary/aromatic N) is 4. The summed E-state index contributed by atoms with van der Waals surface area (Å²) in [4.78, 5) is 19.0. The minimum Gasteiger partial charge on any atom is -0.369 e. The van der Waals surface area contributed by atoms with Crippen molar-refractivity contribution >= 4 is 17.7 Å². The number of nitro benzene ring substituents is 1. The molecule has 0 amide bonds. The van der Waals surface area contributed by atoms with Gasteiger partial charge in [0.25, 0.3) is 10.8 Å². The molecule has 0 aliphatic heterocycles. The third-order valence-corrected chi connectivity index (χ3v) is 2.69. The third-order valence-electron chi connectivity index (χ3n) is 2.69. The smallest absolute Gasteiger partial charge is 0.293 e. The van der Waals surface area contributed by atoms with E-state index in [1.807, 2.05) is 0 Å². The fourth-order valence-corrected chi connectivity index (χ4v) is 1.82. The zero-order chi connectivity index (χ0) is 19.5. The van der Waals surface area contributed by atoms with E-state index in [4.69, 9.17) is 26.8 Å². The molecule has 0 spiro atoms. The van der Waals surface area contributed by atoms with Crippen molar-refractivity contribution in [2.75, 3.05) is 0 Å². The molecule has 12 heteroatoms. The molecule has 136 valence electrons. The van der Waals surface area contributed by atoms with Gasteiger partial charge in [0, 0.05) is 18.3 Å². The van der Waals surface area contributed by atoms with Crippen LogP contribution < -0.4 is 16.9 Å². The van der Waals surface area contributed by atoms with Gasteiger partial charge >= 0.3 is 0 Å². The van der Waals surface area contributed by atoms with Gasteiger partial charge in [-0.2, -0.15) is 0 Å². The van der Waals surface area contributed by atoms with Crippen molar-refractivity contribution < 1.29 is 15.2 Å². The minimum atomic E-state index is -1.50. The summed E-state index contributed by atoms with van der Waals surface area (Å²) in [6, 6.07) is 10.1. The Bertz CT molecular complexity index is 860. The van der Waals surface area contributed by atoms with Crippen molar-refractivity contribution in [1.82, 2.24) is 9.99 Å². The standard InChI is InChI=1S/C14H14N6O2.HNO3/c15-14(16)18-17-9-3-5-11-6-4-10-19(11)12-7-1-2-8-13(12)20(21)22;2-1(3)4/h1-2,4-10,17H,(H4,15,16,18);(H,2,3,4). The summed E-state index contributed by atoms with van der Waals surface area (Å²) in [6.07, 6.45) is 4.79. The Morgan fingerprint density at radius 2 is 1.88 bits per heavy atom. The Balaban J connectivity index is 0.000000765. The van der Waals surface area contributed by atoms with E-state index >= 15 is 0 Å². The van der Waals surface area contributed by atoms with E-state index in [-0.39, 0.29) is 11.6 Å². The maximum Gasteiger partial charge on any atom is 0.293 e. The Hall–Kier alpha value is -4.31. The number of rotatable bonds is 5. The SMILES string of the molecule is NC(N)=NNC=C=Cc1cccn1-c1ccccc1[N+](=O)[O-].O=[N+]([O-])O. The van der Waals surface area contributed by atoms with Crippen LogP contribution >= 0.6 is 0 Å². The van der Waals surface area contributed by atoms with Gasteiger partial charge in [0.05, 0.1) is 16.8 Å². The van der Waals surface area contributed by atoms with Crippen LogP contribution in [0.5, 0.6) is 0 Å². The van der Waals surface area contributed by atoms with Crippen molar-refractivity contribution in [2.24, 2.45) is 16.6 Å². The quantitative estimate of drug-likeness (QED) is 0.199. The fourth-order valence-electron chi connectivity index (χ4n) is 1.82. The van der Waals surface area contributed by atoms with Gasteiger partial charge in [-0.1, -0.05) is 17.9 Å². The predicted octanol–water partition coefficient (Wildman–Crippen LogP) is 0.942. The monoisotopic (exact) mass is 361 g/mol. The van der Waals surface area contributed by atoms with Crippen LogP contribution in [-0.4, -0.2) is 25.7 Å². The van der Waals surface area contributed by atoms with Crippen LogP contribution in [0.15, 0.2) is 59.6 Å². The number of para-hydroxylation sites is 2. The first-order valence-electron chi connectivity index (χ1n) is 6.82. The molecular weight excluding hydrogens is 346 g/mol. The van der Waals surface area contributed by atoms with Crippen LogP contribution in [0, 0.1) is 20.2 Å². The number of nitrogens with two attached hydrogens (primary N) is 2. The van der Waals surface area contributed by atoms with E-state index in [1.54, 1.807) is 47.2 Å². The first-order chi connectivity index (χ1) is 12.3. The van der Waals surface area contributed by atoms with Gasteiger partial charge in [0.2, 0.25) is 5.96 Å². The van der Waals surface area contributed by atoms with Crippen LogP contribution in [0.25, 0.3) is 11.8 Å². The maximum atomic E-state index is 11.1. The predicted molar refractivity (Wildman–Crippen MR) is 92.7 cm³/mol. The lowest BCUT2D eigenvalue weighted by atomic mass is 10.2. The molecule has 0 saturated carbocycles. The highest BCUT2D eigenvalue weighted by molar-refractivity contribution is 5.75. The van der Waals surface area contributed by atoms with Gasteiger partial charge < -0.3 is 21.2 Å². The Morgan fingerprint density at radius 1 is 1.23 bits per heavy atom. The Labute approximate surface area is 146 Å². The van der Waals surface area contributed by atoms with Crippen LogP contribution in [0.2, 0.25) is 0 Å². The summed E-state index contributed by atoms with van der Waals surface area (Å²) in [5.41, 5.74) is 16.8. The summed E-state index contributed by atoms with van der Waals surface area (Å²) in [6.45, 7) is 0. The molecule has 0 aliphatic rings. The molecule has 1 aromatic heterocycles. The van der Waals surface area contributed by atoms with Crippen molar-refractivity contribution in [3.05, 3.63) is 80.4 Å². The van der Waals surface area contributed by atoms with Gasteiger partial charge in [-0.25, -0.2) is 0 Å². The van der Waals surface area contributed by atoms with E-state index in [9.17, 15) is 10.1 Å². The first-order valence-corrected chi connectivity index (χ1v) is 6.82. The molecule has 0 fully saturated rings. The molecule has 1 aromatic carbocycles. The Morgan fingerprint density at radius 3 is 2.50 bits per heavy atom. The summed E-state index contributed by atoms with van der Waals surface area (Å²) >= 11 is 0. The van der Waals surface area contributed by atoms with Crippen LogP contribution in [-0.2, 0) is 0 Å². The molecule has 6 N–H and O–H groups in total. The summed E-state index contributed by atoms with van der Waals surface area (Å²) in [5.74, 6) is -0.0960. The van der Waals surface area contributed by atoms with Crippen LogP contribution in [0.1, 0.15) is 5.69 Å². The number of hydrogen-bond donors (Lipinski definition) is 4. The summed E-state index contributed by atoms with van der Waals surface area (Å²) < 4.78 is 1.69. The summed E-state index contributed by atoms with van der Waals surface area (Å²) in [7, 11) is 0. The van der Waals surface area contributed by atoms with Gasteiger partial charge in [-0.3, -0.25) is 15.5 Å². The van der Waals surface area contributed by atoms with Crippen molar-refractivity contribution in [2.45, 2.75) is 0 Å². The lowest BCUT2D eigenvalue weighted by molar-refractivity contribution is -0.742. The number of hydrazone groups is 1. The number of guanidine groups is 1. The zero-order valence-electron chi connectivity index (χ0n) is 13.2. The molecule has 26 heavy (non-hydrogen) atoms. The van der Waals surface area contributed by atoms with E-state index in [0.717, 1.165) is 5.69 Å². The zero-order valence-corrected chi connectivity index (χ0v) is 13.2.